The van der Waals surface area contributed by atoms with Gasteiger partial charge in [0.05, 0.1) is 13.0 Å². The van der Waals surface area contributed by atoms with Crippen LogP contribution >= 0.6 is 0 Å². The number of rotatable bonds is 14. The zero-order valence-electron chi connectivity index (χ0n) is 15.3. The van der Waals surface area contributed by atoms with Crippen LogP contribution in [-0.2, 0) is 14.3 Å². The minimum atomic E-state index is -1.08. The number of carboxylic acid groups (broad SMARTS) is 1. The predicted octanol–water partition coefficient (Wildman–Crippen LogP) is 0.369. The normalized spacial score (nSPS) is 11.5. The Kier molecular flexibility index (Phi) is 20.1. The second-order valence-electron chi connectivity index (χ2n) is 5.55. The van der Waals surface area contributed by atoms with Crippen LogP contribution in [0.4, 0.5) is 0 Å². The maximum atomic E-state index is 11.3. The second kappa shape index (κ2) is 17.9. The third-order valence-corrected chi connectivity index (χ3v) is 3.44. The molecule has 0 aliphatic rings. The van der Waals surface area contributed by atoms with Crippen LogP contribution in [0.3, 0.4) is 0 Å². The van der Waals surface area contributed by atoms with Crippen LogP contribution in [0.15, 0.2) is 0 Å². The second-order valence-corrected chi connectivity index (χ2v) is 5.55. The van der Waals surface area contributed by atoms with E-state index in [1.165, 1.54) is 44.9 Å². The average molecular weight is 342 g/mol. The summed E-state index contributed by atoms with van der Waals surface area (Å²) in [6.45, 7) is 2.56. The molecule has 0 bridgehead atoms. The fraction of sp³-hybridized carbons (Fsp3) is 0.875. The van der Waals surface area contributed by atoms with E-state index < -0.39 is 18.0 Å². The molecule has 6 heteroatoms. The Bertz CT molecular complexity index is 293. The molecule has 0 amide bonds. The summed E-state index contributed by atoms with van der Waals surface area (Å²) in [4.78, 5) is 21.7. The molecular weight excluding hydrogens is 309 g/mol. The van der Waals surface area contributed by atoms with Crippen LogP contribution in [-0.4, -0.2) is 29.7 Å². The number of nitrogens with two attached hydrogens (primary N) is 1. The number of hydrogen-bond donors (Lipinski definition) is 2. The molecule has 0 aliphatic carbocycles. The first kappa shape index (κ1) is 24.8. The van der Waals surface area contributed by atoms with Gasteiger partial charge in [-0.15, -0.1) is 0 Å². The molecule has 0 saturated heterocycles. The molecule has 0 aromatic carbocycles. The summed E-state index contributed by atoms with van der Waals surface area (Å²) in [6.07, 6.45) is 11.8. The third kappa shape index (κ3) is 16.9. The van der Waals surface area contributed by atoms with Gasteiger partial charge in [-0.3, -0.25) is 9.59 Å². The van der Waals surface area contributed by atoms with Crippen LogP contribution in [0.1, 0.15) is 79.0 Å². The van der Waals surface area contributed by atoms with Gasteiger partial charge in [-0.1, -0.05) is 64.7 Å². The van der Waals surface area contributed by atoms with E-state index >= 15 is 0 Å². The van der Waals surface area contributed by atoms with E-state index in [-0.39, 0.29) is 59.2 Å². The number of esters is 1. The quantitative estimate of drug-likeness (QED) is 0.271. The number of hydrogen-bond acceptors (Lipinski definition) is 4. The molecule has 5 nitrogen and oxygen atoms in total. The molecule has 126 valence electrons. The van der Waals surface area contributed by atoms with Crippen molar-refractivity contribution >= 4 is 11.9 Å². The van der Waals surface area contributed by atoms with Gasteiger partial charge in [0, 0.05) is 0 Å². The van der Waals surface area contributed by atoms with Gasteiger partial charge in [-0.25, -0.2) is 0 Å². The number of carboxylic acids is 1. The van der Waals surface area contributed by atoms with Crippen molar-refractivity contribution in [3.63, 3.8) is 0 Å². The van der Waals surface area contributed by atoms with Gasteiger partial charge >= 0.3 is 63.3 Å². The van der Waals surface area contributed by atoms with Gasteiger partial charge in [-0.2, -0.15) is 0 Å². The maximum Gasteiger partial charge on any atom is 1.00 e. The van der Waals surface area contributed by atoms with E-state index in [0.29, 0.717) is 6.61 Å². The Morgan fingerprint density at radius 3 is 1.91 bits per heavy atom. The maximum absolute atomic E-state index is 11.3. The standard InChI is InChI=1S/C16H31NO4.K.H/c1-2-3-4-5-6-7-8-9-10-11-12-21-16(20)14(17)13-15(18)19;;/h14H,2-13,17H2,1H3,(H,18,19);;/q;+1;-1/t14-;;/m0../s1. The molecule has 0 unspecified atom stereocenters. The van der Waals surface area contributed by atoms with Crippen LogP contribution in [0.2, 0.25) is 0 Å². The summed E-state index contributed by atoms with van der Waals surface area (Å²) < 4.78 is 4.95. The van der Waals surface area contributed by atoms with E-state index in [1.54, 1.807) is 0 Å². The molecule has 1 atom stereocenters. The van der Waals surface area contributed by atoms with Crippen LogP contribution in [0.5, 0.6) is 0 Å². The average Bonchev–Trinajstić information content (AvgIpc) is 2.43. The zero-order chi connectivity index (χ0) is 15.9. The number of unbranched alkanes of at least 4 members (excludes halogenated alkanes) is 9. The Morgan fingerprint density at radius 1 is 1.00 bits per heavy atom. The van der Waals surface area contributed by atoms with E-state index in [4.69, 9.17) is 15.6 Å². The summed E-state index contributed by atoms with van der Waals surface area (Å²) in [5, 5.41) is 8.51. The van der Waals surface area contributed by atoms with Crippen LogP contribution in [0.25, 0.3) is 0 Å². The summed E-state index contributed by atoms with van der Waals surface area (Å²) in [5.74, 6) is -1.70. The van der Waals surface area contributed by atoms with Crippen molar-refractivity contribution in [2.75, 3.05) is 6.61 Å². The molecule has 0 aromatic rings. The molecule has 0 radical (unpaired) electrons. The molecule has 22 heavy (non-hydrogen) atoms. The van der Waals surface area contributed by atoms with Crippen molar-refractivity contribution in [2.45, 2.75) is 83.6 Å². The molecule has 0 rings (SSSR count). The number of aliphatic carboxylic acids is 1. The van der Waals surface area contributed by atoms with Gasteiger partial charge < -0.3 is 17.0 Å². The Hall–Kier alpha value is 0.536. The van der Waals surface area contributed by atoms with Gasteiger partial charge in [-0.05, 0) is 6.42 Å². The van der Waals surface area contributed by atoms with Crippen LogP contribution in [0, 0.1) is 0 Å². The molecule has 3 N–H and O–H groups in total. The van der Waals surface area contributed by atoms with Crippen molar-refractivity contribution in [1.29, 1.82) is 0 Å². The van der Waals surface area contributed by atoms with Gasteiger partial charge in [0.1, 0.15) is 6.04 Å². The van der Waals surface area contributed by atoms with Crippen molar-refractivity contribution < 1.29 is 72.2 Å². The Balaban J connectivity index is -0.00000200. The molecular formula is C16H32KNO4. The first-order valence-corrected chi connectivity index (χ1v) is 8.22. The van der Waals surface area contributed by atoms with Crippen molar-refractivity contribution in [1.82, 2.24) is 0 Å². The smallest absolute Gasteiger partial charge is 1.00 e. The summed E-state index contributed by atoms with van der Waals surface area (Å²) in [5.41, 5.74) is 5.39. The third-order valence-electron chi connectivity index (χ3n) is 3.44. The van der Waals surface area contributed by atoms with E-state index in [0.717, 1.165) is 19.3 Å². The SMILES string of the molecule is CCCCCCCCCCCCOC(=O)[C@@H](N)CC(=O)O.[H-].[K+]. The van der Waals surface area contributed by atoms with Crippen molar-refractivity contribution in [3.8, 4) is 0 Å². The zero-order valence-corrected chi connectivity index (χ0v) is 17.4. The minimum absolute atomic E-state index is 0. The molecule has 0 heterocycles. The van der Waals surface area contributed by atoms with Gasteiger partial charge in [0.25, 0.3) is 0 Å². The van der Waals surface area contributed by atoms with Crippen LogP contribution < -0.4 is 57.1 Å². The largest absolute Gasteiger partial charge is 1.00 e. The molecule has 0 spiro atoms. The summed E-state index contributed by atoms with van der Waals surface area (Å²) in [7, 11) is 0. The summed E-state index contributed by atoms with van der Waals surface area (Å²) in [6, 6.07) is -1.05. The molecule has 0 aromatic heterocycles. The monoisotopic (exact) mass is 341 g/mol. The van der Waals surface area contributed by atoms with E-state index in [9.17, 15) is 9.59 Å². The molecule has 0 fully saturated rings. The Morgan fingerprint density at radius 2 is 1.45 bits per heavy atom. The molecule has 0 aliphatic heterocycles. The first-order chi connectivity index (χ1) is 10.1. The van der Waals surface area contributed by atoms with Gasteiger partial charge in [0.2, 0.25) is 0 Å². The van der Waals surface area contributed by atoms with E-state index in [1.807, 2.05) is 0 Å². The predicted molar refractivity (Wildman–Crippen MR) is 84.1 cm³/mol. The molecule has 0 saturated carbocycles. The van der Waals surface area contributed by atoms with Crippen molar-refractivity contribution in [2.24, 2.45) is 5.73 Å². The van der Waals surface area contributed by atoms with Crippen molar-refractivity contribution in [3.05, 3.63) is 0 Å². The fourth-order valence-electron chi connectivity index (χ4n) is 2.14. The topological polar surface area (TPSA) is 89.6 Å². The van der Waals surface area contributed by atoms with Gasteiger partial charge in [0.15, 0.2) is 0 Å². The number of ether oxygens (including phenoxy) is 1. The fourth-order valence-corrected chi connectivity index (χ4v) is 2.14. The first-order valence-electron chi connectivity index (χ1n) is 8.22. The van der Waals surface area contributed by atoms with E-state index in [2.05, 4.69) is 6.92 Å². The Labute approximate surface area is 178 Å². The number of carbonyl (C=O) groups is 2. The summed E-state index contributed by atoms with van der Waals surface area (Å²) >= 11 is 0. The number of carbonyl (C=O) groups excluding carboxylic acids is 1. The minimum Gasteiger partial charge on any atom is -1.00 e.